The van der Waals surface area contributed by atoms with Crippen molar-refractivity contribution >= 4 is 100 Å². The highest BCUT2D eigenvalue weighted by molar-refractivity contribution is 7.23. The molecule has 12 rings (SSSR count). The van der Waals surface area contributed by atoms with Gasteiger partial charge in [0.25, 0.3) is 0 Å². The number of aromatic hydroxyl groups is 3. The van der Waals surface area contributed by atoms with E-state index in [2.05, 4.69) is 37.0 Å². The third-order valence-corrected chi connectivity index (χ3v) is 17.8. The minimum Gasteiger partial charge on any atom is -0.508 e. The highest BCUT2D eigenvalue weighted by atomic mass is 32.1. The summed E-state index contributed by atoms with van der Waals surface area (Å²) >= 11 is 4.66. The molecule has 0 aliphatic carbocycles. The first-order chi connectivity index (χ1) is 43.9. The molecular formula is C73H59NO14S3. The number of carboxylic acid groups (broad SMARTS) is 3. The summed E-state index contributed by atoms with van der Waals surface area (Å²) < 4.78 is 32.3. The van der Waals surface area contributed by atoms with Crippen molar-refractivity contribution in [2.24, 2.45) is 0 Å². The molecule has 12 aromatic rings. The van der Waals surface area contributed by atoms with Crippen LogP contribution in [0.5, 0.6) is 57.6 Å². The summed E-state index contributed by atoms with van der Waals surface area (Å²) in [5.74, 6) is 3.00. The van der Waals surface area contributed by atoms with Crippen LogP contribution in [-0.4, -0.2) is 60.6 Å². The number of aromatic nitrogens is 1. The Morgan fingerprint density at radius 2 is 0.868 bits per heavy atom. The van der Waals surface area contributed by atoms with Crippen LogP contribution in [0.15, 0.2) is 193 Å². The number of carboxylic acids is 3. The van der Waals surface area contributed by atoms with Gasteiger partial charge in [0.1, 0.15) is 40.3 Å². The maximum Gasteiger partial charge on any atom is 0.328 e. The number of carbonyl (C=O) groups is 3. The average Bonchev–Trinajstić information content (AvgIpc) is 1.67. The quantitative estimate of drug-likeness (QED) is 0.0438. The lowest BCUT2D eigenvalue weighted by Crippen LogP contribution is -1.94. The highest BCUT2D eigenvalue weighted by Gasteiger charge is 2.23. The normalized spacial score (nSPS) is 11.3. The van der Waals surface area contributed by atoms with Gasteiger partial charge in [0, 0.05) is 71.2 Å². The van der Waals surface area contributed by atoms with Crippen LogP contribution >= 0.6 is 34.0 Å². The summed E-state index contributed by atoms with van der Waals surface area (Å²) in [6.45, 7) is 8.11. The molecule has 0 saturated carbocycles. The van der Waals surface area contributed by atoms with Crippen molar-refractivity contribution in [3.05, 3.63) is 228 Å². The summed E-state index contributed by atoms with van der Waals surface area (Å²) in [5.41, 5.74) is 8.69. The van der Waals surface area contributed by atoms with Crippen LogP contribution in [0.2, 0.25) is 0 Å². The number of thiophene rings is 3. The fourth-order valence-corrected chi connectivity index (χ4v) is 13.6. The Kier molecular flexibility index (Phi) is 19.8. The number of rotatable bonds is 18. The maximum absolute atomic E-state index is 10.7. The predicted molar refractivity (Wildman–Crippen MR) is 361 cm³/mol. The number of phenolic OH excluding ortho intramolecular Hbond substituents is 3. The van der Waals surface area contributed by atoms with Gasteiger partial charge in [-0.05, 0) is 176 Å². The molecule has 18 heteroatoms. The number of fused-ring (bicyclic) bond motifs is 3. The minimum absolute atomic E-state index is 0.186. The third kappa shape index (κ3) is 15.2. The largest absolute Gasteiger partial charge is 0.508 e. The summed E-state index contributed by atoms with van der Waals surface area (Å²) in [5, 5.41) is 58.8. The van der Waals surface area contributed by atoms with Gasteiger partial charge in [0.15, 0.2) is 17.2 Å². The van der Waals surface area contributed by atoms with Gasteiger partial charge in [-0.3, -0.25) is 0 Å². The number of aliphatic carboxylic acids is 3. The third-order valence-electron chi connectivity index (χ3n) is 14.3. The fraction of sp³-hybridized carbons (Fsp3) is 0.0959. The zero-order valence-corrected chi connectivity index (χ0v) is 52.1. The Hall–Kier alpha value is -10.9. The molecule has 5 aromatic heterocycles. The second-order valence-electron chi connectivity index (χ2n) is 20.4. The van der Waals surface area contributed by atoms with Gasteiger partial charge in [-0.25, -0.2) is 19.4 Å². The number of hydrogen-bond donors (Lipinski definition) is 6. The van der Waals surface area contributed by atoms with Crippen molar-refractivity contribution in [1.29, 1.82) is 0 Å². The molecule has 0 bridgehead atoms. The average molecular weight is 1270 g/mol. The first-order valence-electron chi connectivity index (χ1n) is 28.5. The zero-order valence-electron chi connectivity index (χ0n) is 49.7. The molecule has 0 spiro atoms. The Morgan fingerprint density at radius 3 is 1.22 bits per heavy atom. The van der Waals surface area contributed by atoms with Gasteiger partial charge < -0.3 is 54.0 Å². The van der Waals surface area contributed by atoms with Gasteiger partial charge >= 0.3 is 17.9 Å². The molecule has 0 amide bonds. The smallest absolute Gasteiger partial charge is 0.328 e. The van der Waals surface area contributed by atoms with E-state index in [4.69, 9.17) is 38.7 Å². The van der Waals surface area contributed by atoms with Gasteiger partial charge in [-0.1, -0.05) is 68.4 Å². The second-order valence-corrected chi connectivity index (χ2v) is 23.5. The Labute approximate surface area is 534 Å². The van der Waals surface area contributed by atoms with Crippen molar-refractivity contribution < 1.29 is 68.4 Å². The van der Waals surface area contributed by atoms with E-state index in [9.17, 15) is 29.7 Å². The van der Waals surface area contributed by atoms with Gasteiger partial charge in [-0.2, -0.15) is 0 Å². The number of phenols is 3. The monoisotopic (exact) mass is 1270 g/mol. The summed E-state index contributed by atoms with van der Waals surface area (Å²) in [6, 6.07) is 49.4. The van der Waals surface area contributed by atoms with Crippen molar-refractivity contribution in [3.8, 4) is 88.9 Å². The molecule has 0 fully saturated rings. The van der Waals surface area contributed by atoms with Crippen molar-refractivity contribution in [3.63, 3.8) is 0 Å². The number of benzene rings is 7. The number of furan rings is 1. The zero-order chi connectivity index (χ0) is 64.3. The summed E-state index contributed by atoms with van der Waals surface area (Å²) in [6.07, 6.45) is 11.3. The Bertz CT molecular complexity index is 4700. The lowest BCUT2D eigenvalue weighted by molar-refractivity contribution is -0.132. The molecule has 5 heterocycles. The summed E-state index contributed by atoms with van der Waals surface area (Å²) in [7, 11) is 1.58. The van der Waals surface area contributed by atoms with Gasteiger partial charge in [0.2, 0.25) is 5.88 Å². The fourth-order valence-electron chi connectivity index (χ4n) is 9.85. The van der Waals surface area contributed by atoms with E-state index in [-0.39, 0.29) is 17.2 Å². The van der Waals surface area contributed by atoms with Crippen LogP contribution < -0.4 is 18.9 Å². The lowest BCUT2D eigenvalue weighted by atomic mass is 9.95. The molecule has 0 aliphatic heterocycles. The molecule has 0 saturated heterocycles. The predicted octanol–water partition coefficient (Wildman–Crippen LogP) is 19.2. The Balaban J connectivity index is 0.000000150. The lowest BCUT2D eigenvalue weighted by Gasteiger charge is -2.14. The molecule has 7 aromatic carbocycles. The molecule has 458 valence electrons. The first kappa shape index (κ1) is 63.1. The molecule has 15 nitrogen and oxygen atoms in total. The maximum atomic E-state index is 10.7. The number of aryl methyl sites for hydroxylation is 4. The minimum atomic E-state index is -0.999. The standard InChI is InChI=1S/C27H24O4S.C24H19NO5S.C22H16O5S/c1-3-18-6-5-7-19(4-2)25(18)27-26(22-14-11-20(28)16-23(22)32-27)31-21-12-8-17(9-13-21)10-15-24(29)30;1-14-18(10-11-21(25-14)29-2)24-23(19-9-6-16(26)13-20(19)31-24)30-17-7-3-15(4-8-17)5-12-22(27)28;1-13-17(10-11-26-13)22-21(18-8-5-15(23)12-19(18)28-22)27-16-6-2-14(3-7-16)4-9-20(24)25/h5-16,28H,3-4H2,1-2H3,(H,29,30);3-13,26H,1-2H3,(H,27,28);2-12,23H,1H3,(H,24,25)/b15-10+;12-5+;9-4+. The topological polar surface area (TPSA) is 236 Å². The van der Waals surface area contributed by atoms with E-state index in [1.54, 1.807) is 122 Å². The molecule has 91 heavy (non-hydrogen) atoms. The van der Waals surface area contributed by atoms with Crippen LogP contribution in [-0.2, 0) is 27.2 Å². The van der Waals surface area contributed by atoms with E-state index < -0.39 is 17.9 Å². The Morgan fingerprint density at radius 1 is 0.484 bits per heavy atom. The van der Waals surface area contributed by atoms with Crippen molar-refractivity contribution in [1.82, 2.24) is 4.98 Å². The van der Waals surface area contributed by atoms with E-state index >= 15 is 0 Å². The number of ether oxygens (including phenoxy) is 4. The molecule has 6 N–H and O–H groups in total. The SMILES string of the molecule is CCc1cccc(CC)c1-c1sc2cc(O)ccc2c1Oc1ccc(/C=C/C(=O)O)cc1.COc1ccc(-c2sc3cc(O)ccc3c2Oc2ccc(/C=C/C(=O)O)cc2)c(C)n1.Cc1occc1-c1sc2cc(O)ccc2c1Oc1ccc(/C=C/C(=O)O)cc1. The molecule has 0 unspecified atom stereocenters. The van der Waals surface area contributed by atoms with E-state index in [0.29, 0.717) is 34.6 Å². The first-order valence-corrected chi connectivity index (χ1v) is 30.9. The molecule has 0 atom stereocenters. The van der Waals surface area contributed by atoms with Crippen molar-refractivity contribution in [2.45, 2.75) is 40.5 Å². The van der Waals surface area contributed by atoms with E-state index in [1.165, 1.54) is 51.5 Å². The molecule has 0 radical (unpaired) electrons. The number of methoxy groups -OCH3 is 1. The molecular weight excluding hydrogens is 1210 g/mol. The van der Waals surface area contributed by atoms with Gasteiger partial charge in [0.05, 0.1) is 33.7 Å². The van der Waals surface area contributed by atoms with Crippen LogP contribution in [0.1, 0.15) is 53.1 Å². The number of nitrogens with zero attached hydrogens (tertiary/aromatic N) is 1. The van der Waals surface area contributed by atoms with E-state index in [0.717, 1.165) is 121 Å². The van der Waals surface area contributed by atoms with E-state index in [1.807, 2.05) is 68.4 Å². The summed E-state index contributed by atoms with van der Waals surface area (Å²) in [4.78, 5) is 39.4. The number of hydrogen-bond acceptors (Lipinski definition) is 15. The van der Waals surface area contributed by atoms with Crippen molar-refractivity contribution in [2.75, 3.05) is 7.11 Å². The molecule has 0 aliphatic rings. The second kappa shape index (κ2) is 28.5. The number of pyridine rings is 1. The highest BCUT2D eigenvalue weighted by Crippen LogP contribution is 2.52. The van der Waals surface area contributed by atoms with Gasteiger partial charge in [-0.15, -0.1) is 34.0 Å². The van der Waals surface area contributed by atoms with Crippen LogP contribution in [0.25, 0.3) is 79.8 Å². The van der Waals surface area contributed by atoms with Crippen LogP contribution in [0, 0.1) is 13.8 Å². The van der Waals surface area contributed by atoms with Crippen LogP contribution in [0.4, 0.5) is 0 Å². The van der Waals surface area contributed by atoms with Crippen LogP contribution in [0.3, 0.4) is 0 Å².